The molecule has 2 aliphatic rings. The average Bonchev–Trinajstić information content (AvgIpc) is 2.97. The minimum absolute atomic E-state index is 0.302. The van der Waals surface area contributed by atoms with Crippen LogP contribution >= 0.6 is 0 Å². The minimum atomic E-state index is -0.768. The molecule has 0 saturated carbocycles. The maximum atomic E-state index is 14.0. The summed E-state index contributed by atoms with van der Waals surface area (Å²) < 4.78 is 14.0. The summed E-state index contributed by atoms with van der Waals surface area (Å²) in [6.07, 6.45) is 4.32. The van der Waals surface area contributed by atoms with Crippen LogP contribution < -0.4 is 4.90 Å². The summed E-state index contributed by atoms with van der Waals surface area (Å²) in [5.74, 6) is -0.302. The molecule has 3 rings (SSSR count). The van der Waals surface area contributed by atoms with E-state index in [-0.39, 0.29) is 5.82 Å². The highest BCUT2D eigenvalue weighted by Gasteiger charge is 2.30. The average molecular weight is 292 g/mol. The van der Waals surface area contributed by atoms with Crippen molar-refractivity contribution in [3.05, 3.63) is 29.6 Å². The van der Waals surface area contributed by atoms with E-state index in [1.165, 1.54) is 38.4 Å². The lowest BCUT2D eigenvalue weighted by Crippen LogP contribution is -2.41. The van der Waals surface area contributed by atoms with Crippen LogP contribution in [0.25, 0.3) is 0 Å². The van der Waals surface area contributed by atoms with Gasteiger partial charge in [0.1, 0.15) is 5.82 Å². The maximum absolute atomic E-state index is 14.0. The highest BCUT2D eigenvalue weighted by Crippen LogP contribution is 2.32. The van der Waals surface area contributed by atoms with Crippen molar-refractivity contribution in [2.45, 2.75) is 44.8 Å². The predicted molar refractivity (Wildman–Crippen MR) is 83.1 cm³/mol. The topological polar surface area (TPSA) is 26.7 Å². The van der Waals surface area contributed by atoms with Gasteiger partial charge in [-0.15, -0.1) is 0 Å². The molecule has 0 bridgehead atoms. The number of hydrogen-bond acceptors (Lipinski definition) is 3. The molecule has 1 aromatic rings. The molecule has 2 heterocycles. The highest BCUT2D eigenvalue weighted by molar-refractivity contribution is 5.56. The molecule has 0 amide bonds. The van der Waals surface area contributed by atoms with Crippen molar-refractivity contribution in [1.29, 1.82) is 0 Å². The van der Waals surface area contributed by atoms with Crippen LogP contribution in [0.4, 0.5) is 10.1 Å². The van der Waals surface area contributed by atoms with E-state index in [9.17, 15) is 9.50 Å². The van der Waals surface area contributed by atoms with Gasteiger partial charge in [0.25, 0.3) is 0 Å². The first-order chi connectivity index (χ1) is 10.2. The molecule has 4 heteroatoms. The maximum Gasteiger partial charge on any atom is 0.131 e. The molecule has 2 unspecified atom stereocenters. The van der Waals surface area contributed by atoms with Crippen LogP contribution in [0.15, 0.2) is 18.2 Å². The van der Waals surface area contributed by atoms with Gasteiger partial charge < -0.3 is 10.0 Å². The fourth-order valence-corrected chi connectivity index (χ4v) is 3.76. The van der Waals surface area contributed by atoms with Crippen molar-refractivity contribution in [1.82, 2.24) is 4.90 Å². The first kappa shape index (κ1) is 14.8. The van der Waals surface area contributed by atoms with E-state index < -0.39 is 6.10 Å². The summed E-state index contributed by atoms with van der Waals surface area (Å²) in [6.45, 7) is 5.93. The number of aliphatic hydroxyl groups excluding tert-OH is 1. The summed E-state index contributed by atoms with van der Waals surface area (Å²) >= 11 is 0. The summed E-state index contributed by atoms with van der Waals surface area (Å²) in [4.78, 5) is 4.83. The van der Waals surface area contributed by atoms with Gasteiger partial charge in [0.05, 0.1) is 6.10 Å². The molecule has 1 N–H and O–H groups in total. The van der Waals surface area contributed by atoms with Gasteiger partial charge in [-0.1, -0.05) is 12.5 Å². The third-order valence-corrected chi connectivity index (χ3v) is 4.86. The number of likely N-dealkylation sites (tertiary alicyclic amines) is 1. The van der Waals surface area contributed by atoms with E-state index in [0.29, 0.717) is 11.6 Å². The minimum Gasteiger partial charge on any atom is -0.389 e. The third kappa shape index (κ3) is 3.06. The number of piperidine rings is 1. The molecular weight excluding hydrogens is 267 g/mol. The third-order valence-electron chi connectivity index (χ3n) is 4.86. The summed E-state index contributed by atoms with van der Waals surface area (Å²) in [5, 5.41) is 9.88. The van der Waals surface area contributed by atoms with Crippen molar-refractivity contribution in [2.24, 2.45) is 0 Å². The Morgan fingerprint density at radius 2 is 1.95 bits per heavy atom. The number of halogens is 1. The van der Waals surface area contributed by atoms with Crippen molar-refractivity contribution < 1.29 is 9.50 Å². The fourth-order valence-electron chi connectivity index (χ4n) is 3.76. The van der Waals surface area contributed by atoms with Crippen LogP contribution in [0.2, 0.25) is 0 Å². The van der Waals surface area contributed by atoms with Gasteiger partial charge in [-0.25, -0.2) is 4.39 Å². The van der Waals surface area contributed by atoms with Crippen LogP contribution in [0.3, 0.4) is 0 Å². The van der Waals surface area contributed by atoms with Gasteiger partial charge in [0.2, 0.25) is 0 Å². The Bertz CT molecular complexity index is 486. The molecule has 2 fully saturated rings. The Labute approximate surface area is 126 Å². The first-order valence-corrected chi connectivity index (χ1v) is 8.12. The van der Waals surface area contributed by atoms with Gasteiger partial charge in [-0.3, -0.25) is 4.90 Å². The second kappa shape index (κ2) is 6.32. The molecule has 0 aromatic heterocycles. The molecule has 3 nitrogen and oxygen atoms in total. The van der Waals surface area contributed by atoms with Crippen molar-refractivity contribution in [3.63, 3.8) is 0 Å². The van der Waals surface area contributed by atoms with Gasteiger partial charge in [0.15, 0.2) is 0 Å². The van der Waals surface area contributed by atoms with Crippen molar-refractivity contribution >= 4 is 5.69 Å². The molecule has 2 aliphatic heterocycles. The number of aliphatic hydroxyl groups is 1. The van der Waals surface area contributed by atoms with Crippen LogP contribution in [0.5, 0.6) is 0 Å². The first-order valence-electron chi connectivity index (χ1n) is 8.12. The molecule has 2 saturated heterocycles. The summed E-state index contributed by atoms with van der Waals surface area (Å²) in [7, 11) is 0. The molecule has 0 radical (unpaired) electrons. The lowest BCUT2D eigenvalue weighted by Gasteiger charge is -2.32. The summed E-state index contributed by atoms with van der Waals surface area (Å²) in [6, 6.07) is 5.69. The quantitative estimate of drug-likeness (QED) is 0.928. The monoisotopic (exact) mass is 292 g/mol. The number of nitrogens with zero attached hydrogens (tertiary/aromatic N) is 2. The molecule has 21 heavy (non-hydrogen) atoms. The predicted octanol–water partition coefficient (Wildman–Crippen LogP) is 2.94. The lowest BCUT2D eigenvalue weighted by molar-refractivity contribution is 0.174. The Kier molecular flexibility index (Phi) is 4.45. The molecule has 0 aliphatic carbocycles. The van der Waals surface area contributed by atoms with E-state index in [4.69, 9.17) is 0 Å². The number of hydrogen-bond donors (Lipinski definition) is 1. The van der Waals surface area contributed by atoms with Crippen LogP contribution in [-0.2, 0) is 0 Å². The largest absolute Gasteiger partial charge is 0.389 e. The number of rotatable bonds is 3. The Morgan fingerprint density at radius 1 is 1.19 bits per heavy atom. The van der Waals surface area contributed by atoms with Crippen LogP contribution in [0, 0.1) is 5.82 Å². The molecular formula is C17H25FN2O. The van der Waals surface area contributed by atoms with Gasteiger partial charge in [-0.05, 0) is 51.4 Å². The zero-order valence-corrected chi connectivity index (χ0v) is 12.8. The second-order valence-corrected chi connectivity index (χ2v) is 6.33. The van der Waals surface area contributed by atoms with E-state index in [1.807, 2.05) is 6.07 Å². The second-order valence-electron chi connectivity index (χ2n) is 6.33. The zero-order valence-electron chi connectivity index (χ0n) is 12.8. The molecule has 1 aromatic carbocycles. The zero-order chi connectivity index (χ0) is 14.8. The lowest BCUT2D eigenvalue weighted by atomic mass is 10.1. The van der Waals surface area contributed by atoms with E-state index in [2.05, 4.69) is 9.80 Å². The van der Waals surface area contributed by atoms with Crippen LogP contribution in [0.1, 0.15) is 44.3 Å². The molecule has 0 spiro atoms. The highest BCUT2D eigenvalue weighted by atomic mass is 19.1. The van der Waals surface area contributed by atoms with Gasteiger partial charge in [0, 0.05) is 30.4 Å². The standard InChI is InChI=1S/C17H25FN2O/c1-13(21)17-15(18)6-5-7-16(17)20-11-8-14(12-20)19-9-3-2-4-10-19/h5-7,13-14,21H,2-4,8-12H2,1H3. The Morgan fingerprint density at radius 3 is 2.67 bits per heavy atom. The normalized spacial score (nSPS) is 25.3. The summed E-state index contributed by atoms with van der Waals surface area (Å²) in [5.41, 5.74) is 1.31. The Balaban J connectivity index is 1.75. The van der Waals surface area contributed by atoms with Gasteiger partial charge >= 0.3 is 0 Å². The fraction of sp³-hybridized carbons (Fsp3) is 0.647. The SMILES string of the molecule is CC(O)c1c(F)cccc1N1CCC(N2CCCCC2)C1. The van der Waals surface area contributed by atoms with E-state index in [0.717, 1.165) is 25.2 Å². The van der Waals surface area contributed by atoms with Crippen molar-refractivity contribution in [3.8, 4) is 0 Å². The Hall–Kier alpha value is -1.13. The number of benzene rings is 1. The van der Waals surface area contributed by atoms with E-state index >= 15 is 0 Å². The van der Waals surface area contributed by atoms with Crippen molar-refractivity contribution in [2.75, 3.05) is 31.1 Å². The van der Waals surface area contributed by atoms with E-state index in [1.54, 1.807) is 13.0 Å². The van der Waals surface area contributed by atoms with Gasteiger partial charge in [-0.2, -0.15) is 0 Å². The van der Waals surface area contributed by atoms with Crippen LogP contribution in [-0.4, -0.2) is 42.2 Å². The number of anilines is 1. The molecule has 2 atom stereocenters. The smallest absolute Gasteiger partial charge is 0.131 e. The molecule has 116 valence electrons.